The van der Waals surface area contributed by atoms with E-state index >= 15 is 0 Å². The number of amides is 2. The number of carbonyl (C=O) groups is 2. The second-order valence-electron chi connectivity index (χ2n) is 5.79. The minimum Gasteiger partial charge on any atom is -0.484 e. The third kappa shape index (κ3) is 4.38. The van der Waals surface area contributed by atoms with Gasteiger partial charge >= 0.3 is 0 Å². The number of anilines is 1. The highest BCUT2D eigenvalue weighted by Gasteiger charge is 2.17. The molecular formula is C18H20N2O4. The van der Waals surface area contributed by atoms with Crippen molar-refractivity contribution < 1.29 is 18.7 Å². The molecule has 2 aromatic rings. The molecule has 0 radical (unpaired) electrons. The zero-order valence-electron chi connectivity index (χ0n) is 13.3. The largest absolute Gasteiger partial charge is 0.484 e. The highest BCUT2D eigenvalue weighted by atomic mass is 16.5. The van der Waals surface area contributed by atoms with E-state index in [0.717, 1.165) is 12.8 Å². The van der Waals surface area contributed by atoms with Gasteiger partial charge in [0.2, 0.25) is 0 Å². The van der Waals surface area contributed by atoms with Gasteiger partial charge in [0.25, 0.3) is 11.8 Å². The van der Waals surface area contributed by atoms with Crippen molar-refractivity contribution in [2.24, 2.45) is 0 Å². The van der Waals surface area contributed by atoms with Crippen molar-refractivity contribution in [3.63, 3.8) is 0 Å². The van der Waals surface area contributed by atoms with Crippen molar-refractivity contribution >= 4 is 17.5 Å². The van der Waals surface area contributed by atoms with E-state index in [1.54, 1.807) is 36.4 Å². The standard InChI is InChI=1S/C18H20N2O4/c21-17(19-13-4-1-2-5-13)12-24-15-9-7-14(8-10-15)20-18(22)16-6-3-11-23-16/h3,6-11,13H,1-2,4-5,12H2,(H,19,21)(H,20,22). The number of hydrogen-bond donors (Lipinski definition) is 2. The Balaban J connectivity index is 1.45. The van der Waals surface area contributed by atoms with Crippen LogP contribution in [0.4, 0.5) is 5.69 Å². The molecule has 1 fully saturated rings. The van der Waals surface area contributed by atoms with E-state index in [0.29, 0.717) is 17.5 Å². The second kappa shape index (κ2) is 7.68. The van der Waals surface area contributed by atoms with E-state index < -0.39 is 0 Å². The van der Waals surface area contributed by atoms with Gasteiger partial charge in [0.15, 0.2) is 12.4 Å². The number of furan rings is 1. The summed E-state index contributed by atoms with van der Waals surface area (Å²) in [5.74, 6) is 0.410. The van der Waals surface area contributed by atoms with Crippen molar-refractivity contribution in [2.45, 2.75) is 31.7 Å². The van der Waals surface area contributed by atoms with Crippen LogP contribution in [0.15, 0.2) is 47.1 Å². The summed E-state index contributed by atoms with van der Waals surface area (Å²) in [4.78, 5) is 23.7. The minimum atomic E-state index is -0.315. The summed E-state index contributed by atoms with van der Waals surface area (Å²) in [5.41, 5.74) is 0.624. The molecular weight excluding hydrogens is 308 g/mol. The Hall–Kier alpha value is -2.76. The molecule has 0 atom stereocenters. The molecule has 3 rings (SSSR count). The fourth-order valence-electron chi connectivity index (χ4n) is 2.72. The molecule has 1 aromatic carbocycles. The van der Waals surface area contributed by atoms with Gasteiger partial charge in [0, 0.05) is 11.7 Å². The van der Waals surface area contributed by atoms with Crippen LogP contribution in [0.2, 0.25) is 0 Å². The lowest BCUT2D eigenvalue weighted by molar-refractivity contribution is -0.123. The summed E-state index contributed by atoms with van der Waals surface area (Å²) in [6.07, 6.45) is 5.90. The number of carbonyl (C=O) groups excluding carboxylic acids is 2. The molecule has 24 heavy (non-hydrogen) atoms. The first-order chi connectivity index (χ1) is 11.7. The predicted octanol–water partition coefficient (Wildman–Crippen LogP) is 2.97. The molecule has 0 bridgehead atoms. The quantitative estimate of drug-likeness (QED) is 0.854. The molecule has 1 aliphatic rings. The first-order valence-corrected chi connectivity index (χ1v) is 8.08. The van der Waals surface area contributed by atoms with Crippen molar-refractivity contribution in [2.75, 3.05) is 11.9 Å². The predicted molar refractivity (Wildman–Crippen MR) is 89.0 cm³/mol. The SMILES string of the molecule is O=C(COc1ccc(NC(=O)c2ccco2)cc1)NC1CCCC1. The van der Waals surface area contributed by atoms with Gasteiger partial charge in [-0.25, -0.2) is 0 Å². The third-order valence-corrected chi connectivity index (χ3v) is 3.95. The Kier molecular flexibility index (Phi) is 5.15. The lowest BCUT2D eigenvalue weighted by Gasteiger charge is -2.12. The Morgan fingerprint density at radius 1 is 1.12 bits per heavy atom. The van der Waals surface area contributed by atoms with Gasteiger partial charge in [-0.2, -0.15) is 0 Å². The molecule has 1 aromatic heterocycles. The Morgan fingerprint density at radius 2 is 1.88 bits per heavy atom. The molecule has 0 spiro atoms. The summed E-state index contributed by atoms with van der Waals surface area (Å²) < 4.78 is 10.5. The molecule has 0 aliphatic heterocycles. The van der Waals surface area contributed by atoms with Crippen LogP contribution in [-0.4, -0.2) is 24.5 Å². The number of hydrogen-bond acceptors (Lipinski definition) is 4. The van der Waals surface area contributed by atoms with Gasteiger partial charge < -0.3 is 19.8 Å². The molecule has 0 saturated heterocycles. The molecule has 1 saturated carbocycles. The van der Waals surface area contributed by atoms with E-state index in [1.165, 1.54) is 19.1 Å². The monoisotopic (exact) mass is 328 g/mol. The Labute approximate surface area is 140 Å². The van der Waals surface area contributed by atoms with E-state index in [1.807, 2.05) is 0 Å². The molecule has 6 heteroatoms. The maximum absolute atomic E-state index is 11.9. The summed E-state index contributed by atoms with van der Waals surface area (Å²) >= 11 is 0. The average Bonchev–Trinajstić information content (AvgIpc) is 3.28. The Bertz CT molecular complexity index is 674. The summed E-state index contributed by atoms with van der Waals surface area (Å²) in [6, 6.07) is 10.4. The third-order valence-electron chi connectivity index (χ3n) is 3.95. The zero-order chi connectivity index (χ0) is 16.8. The van der Waals surface area contributed by atoms with Crippen LogP contribution in [0.3, 0.4) is 0 Å². The molecule has 1 aliphatic carbocycles. The first-order valence-electron chi connectivity index (χ1n) is 8.08. The molecule has 6 nitrogen and oxygen atoms in total. The van der Waals surface area contributed by atoms with Crippen LogP contribution in [0.5, 0.6) is 5.75 Å². The maximum atomic E-state index is 11.9. The highest BCUT2D eigenvalue weighted by molar-refractivity contribution is 6.02. The molecule has 126 valence electrons. The lowest BCUT2D eigenvalue weighted by Crippen LogP contribution is -2.36. The molecule has 0 unspecified atom stereocenters. The molecule has 2 N–H and O–H groups in total. The van der Waals surface area contributed by atoms with Gasteiger partial charge in [-0.05, 0) is 49.2 Å². The summed E-state index contributed by atoms with van der Waals surface area (Å²) in [6.45, 7) is -0.00536. The molecule has 1 heterocycles. The van der Waals surface area contributed by atoms with E-state index in [4.69, 9.17) is 9.15 Å². The van der Waals surface area contributed by atoms with E-state index in [2.05, 4.69) is 10.6 Å². The number of ether oxygens (including phenoxy) is 1. The van der Waals surface area contributed by atoms with Crippen LogP contribution in [-0.2, 0) is 4.79 Å². The second-order valence-corrected chi connectivity index (χ2v) is 5.79. The fraction of sp³-hybridized carbons (Fsp3) is 0.333. The number of benzene rings is 1. The van der Waals surface area contributed by atoms with Gasteiger partial charge in [-0.15, -0.1) is 0 Å². The van der Waals surface area contributed by atoms with Crippen LogP contribution in [0, 0.1) is 0 Å². The lowest BCUT2D eigenvalue weighted by atomic mass is 10.2. The van der Waals surface area contributed by atoms with Gasteiger partial charge in [-0.1, -0.05) is 12.8 Å². The average molecular weight is 328 g/mol. The van der Waals surface area contributed by atoms with Crippen molar-refractivity contribution in [3.05, 3.63) is 48.4 Å². The Morgan fingerprint density at radius 3 is 2.54 bits per heavy atom. The number of rotatable bonds is 6. The fourth-order valence-corrected chi connectivity index (χ4v) is 2.72. The normalized spacial score (nSPS) is 14.3. The van der Waals surface area contributed by atoms with Crippen molar-refractivity contribution in [1.29, 1.82) is 0 Å². The molecule has 2 amide bonds. The first kappa shape index (κ1) is 16.1. The van der Waals surface area contributed by atoms with Crippen molar-refractivity contribution in [1.82, 2.24) is 5.32 Å². The van der Waals surface area contributed by atoms with Crippen LogP contribution in [0.1, 0.15) is 36.2 Å². The maximum Gasteiger partial charge on any atom is 0.291 e. The number of nitrogens with one attached hydrogen (secondary N) is 2. The van der Waals surface area contributed by atoms with E-state index in [9.17, 15) is 9.59 Å². The minimum absolute atomic E-state index is 0.00536. The van der Waals surface area contributed by atoms with Crippen molar-refractivity contribution in [3.8, 4) is 5.75 Å². The summed E-state index contributed by atoms with van der Waals surface area (Å²) in [5, 5.41) is 5.69. The zero-order valence-corrected chi connectivity index (χ0v) is 13.3. The smallest absolute Gasteiger partial charge is 0.291 e. The van der Waals surface area contributed by atoms with E-state index in [-0.39, 0.29) is 24.2 Å². The van der Waals surface area contributed by atoms with Crippen LogP contribution < -0.4 is 15.4 Å². The topological polar surface area (TPSA) is 80.6 Å². The highest BCUT2D eigenvalue weighted by Crippen LogP contribution is 2.18. The van der Waals surface area contributed by atoms with Crippen LogP contribution in [0.25, 0.3) is 0 Å². The summed E-state index contributed by atoms with van der Waals surface area (Å²) in [7, 11) is 0. The van der Waals surface area contributed by atoms with Gasteiger partial charge in [-0.3, -0.25) is 9.59 Å². The van der Waals surface area contributed by atoms with Gasteiger partial charge in [0.1, 0.15) is 5.75 Å². The van der Waals surface area contributed by atoms with Crippen LogP contribution >= 0.6 is 0 Å². The van der Waals surface area contributed by atoms with Gasteiger partial charge in [0.05, 0.1) is 6.26 Å².